The summed E-state index contributed by atoms with van der Waals surface area (Å²) in [5.74, 6) is 2.18. The van der Waals surface area contributed by atoms with Gasteiger partial charge in [0, 0.05) is 22.4 Å². The maximum atomic E-state index is 4.19. The van der Waals surface area contributed by atoms with Gasteiger partial charge >= 0.3 is 0 Å². The van der Waals surface area contributed by atoms with Crippen molar-refractivity contribution < 1.29 is 0 Å². The van der Waals surface area contributed by atoms with Crippen molar-refractivity contribution in [2.45, 2.75) is 28.9 Å². The normalized spacial score (nSPS) is 14.9. The van der Waals surface area contributed by atoms with Gasteiger partial charge in [-0.15, -0.1) is 22.0 Å². The Balaban J connectivity index is 1.45. The lowest BCUT2D eigenvalue weighted by Gasteiger charge is -2.04. The van der Waals surface area contributed by atoms with E-state index in [0.717, 1.165) is 16.7 Å². The molecule has 1 aliphatic rings. The third-order valence-electron chi connectivity index (χ3n) is 2.81. The van der Waals surface area contributed by atoms with Crippen LogP contribution in [-0.4, -0.2) is 26.3 Å². The van der Waals surface area contributed by atoms with E-state index in [1.807, 2.05) is 29.9 Å². The Morgan fingerprint density at radius 2 is 1.89 bits per heavy atom. The van der Waals surface area contributed by atoms with E-state index < -0.39 is 0 Å². The summed E-state index contributed by atoms with van der Waals surface area (Å²) in [5, 5.41) is 9.27. The van der Waals surface area contributed by atoms with Crippen molar-refractivity contribution in [1.82, 2.24) is 14.8 Å². The smallest absolute Gasteiger partial charge is 0.191 e. The first-order valence-corrected chi connectivity index (χ1v) is 8.11. The van der Waals surface area contributed by atoms with Crippen LogP contribution in [0.1, 0.15) is 18.9 Å². The van der Waals surface area contributed by atoms with E-state index in [2.05, 4.69) is 45.1 Å². The number of hydrogen-bond acceptors (Lipinski definition) is 4. The minimum absolute atomic E-state index is 0.671. The lowest BCUT2D eigenvalue weighted by Crippen LogP contribution is -1.95. The number of hydrogen-bond donors (Lipinski definition) is 0. The quantitative estimate of drug-likeness (QED) is 0.597. The Bertz CT molecular complexity index is 494. The number of thioether (sulfide) groups is 2. The highest BCUT2D eigenvalue weighted by molar-refractivity contribution is 8.02. The first kappa shape index (κ1) is 12.1. The van der Waals surface area contributed by atoms with E-state index in [0.29, 0.717) is 6.04 Å². The standard InChI is InChI=1S/C13H15N3S2/c1-2-4-12(5-3-1)17-8-9-18-13-15-14-10-16(13)11-6-7-11/h1-5,10-11H,6-9H2. The highest BCUT2D eigenvalue weighted by Gasteiger charge is 2.25. The van der Waals surface area contributed by atoms with Crippen LogP contribution in [0.3, 0.4) is 0 Å². The molecule has 1 fully saturated rings. The van der Waals surface area contributed by atoms with Gasteiger partial charge in [-0.05, 0) is 25.0 Å². The lowest BCUT2D eigenvalue weighted by atomic mass is 10.4. The molecule has 5 heteroatoms. The third kappa shape index (κ3) is 3.09. The van der Waals surface area contributed by atoms with Crippen LogP contribution in [0.15, 0.2) is 46.7 Å². The van der Waals surface area contributed by atoms with Crippen LogP contribution in [0.2, 0.25) is 0 Å². The van der Waals surface area contributed by atoms with Gasteiger partial charge in [-0.3, -0.25) is 0 Å². The number of benzene rings is 1. The van der Waals surface area contributed by atoms with Gasteiger partial charge in [0.2, 0.25) is 0 Å². The summed E-state index contributed by atoms with van der Waals surface area (Å²) in [4.78, 5) is 1.33. The molecule has 0 N–H and O–H groups in total. The van der Waals surface area contributed by atoms with Gasteiger partial charge < -0.3 is 4.57 Å². The number of aromatic nitrogens is 3. The molecule has 0 aliphatic heterocycles. The van der Waals surface area contributed by atoms with Crippen LogP contribution in [0.5, 0.6) is 0 Å². The van der Waals surface area contributed by atoms with E-state index in [9.17, 15) is 0 Å². The molecule has 1 saturated carbocycles. The molecule has 3 rings (SSSR count). The van der Waals surface area contributed by atoms with E-state index in [1.165, 1.54) is 17.7 Å². The van der Waals surface area contributed by atoms with Gasteiger partial charge in [-0.1, -0.05) is 30.0 Å². The fourth-order valence-electron chi connectivity index (χ4n) is 1.75. The van der Waals surface area contributed by atoms with Gasteiger partial charge in [0.1, 0.15) is 6.33 Å². The molecule has 18 heavy (non-hydrogen) atoms. The van der Waals surface area contributed by atoms with Crippen molar-refractivity contribution in [3.8, 4) is 0 Å². The topological polar surface area (TPSA) is 30.7 Å². The van der Waals surface area contributed by atoms with Crippen molar-refractivity contribution in [2.24, 2.45) is 0 Å². The maximum absolute atomic E-state index is 4.19. The Morgan fingerprint density at radius 1 is 1.11 bits per heavy atom. The monoisotopic (exact) mass is 277 g/mol. The second-order valence-corrected chi connectivity index (χ2v) is 6.49. The molecule has 94 valence electrons. The lowest BCUT2D eigenvalue weighted by molar-refractivity contribution is 0.663. The minimum Gasteiger partial charge on any atom is -0.306 e. The largest absolute Gasteiger partial charge is 0.306 e. The first-order chi connectivity index (χ1) is 8.93. The van der Waals surface area contributed by atoms with Crippen molar-refractivity contribution >= 4 is 23.5 Å². The van der Waals surface area contributed by atoms with Crippen LogP contribution in [0.4, 0.5) is 0 Å². The molecular weight excluding hydrogens is 262 g/mol. The molecule has 1 heterocycles. The summed E-state index contributed by atoms with van der Waals surface area (Å²) in [6, 6.07) is 11.2. The highest BCUT2D eigenvalue weighted by atomic mass is 32.2. The molecule has 0 saturated heterocycles. The average molecular weight is 277 g/mol. The second-order valence-electron chi connectivity index (χ2n) is 4.26. The molecule has 1 aliphatic carbocycles. The molecule has 2 aromatic rings. The maximum Gasteiger partial charge on any atom is 0.191 e. The average Bonchev–Trinajstić information content (AvgIpc) is 3.16. The Hall–Kier alpha value is -0.940. The van der Waals surface area contributed by atoms with Crippen LogP contribution < -0.4 is 0 Å². The summed E-state index contributed by atoms with van der Waals surface area (Å²) in [7, 11) is 0. The Kier molecular flexibility index (Phi) is 3.90. The SMILES string of the molecule is c1ccc(SCCSc2nncn2C2CC2)cc1. The molecule has 0 bridgehead atoms. The van der Waals surface area contributed by atoms with Crippen molar-refractivity contribution in [2.75, 3.05) is 11.5 Å². The van der Waals surface area contributed by atoms with Gasteiger partial charge in [0.05, 0.1) is 0 Å². The highest BCUT2D eigenvalue weighted by Crippen LogP contribution is 2.37. The molecule has 1 aromatic carbocycles. The van der Waals surface area contributed by atoms with E-state index >= 15 is 0 Å². The zero-order valence-electron chi connectivity index (χ0n) is 10.0. The number of rotatable bonds is 6. The summed E-state index contributed by atoms with van der Waals surface area (Å²) in [5.41, 5.74) is 0. The molecule has 0 unspecified atom stereocenters. The van der Waals surface area contributed by atoms with Crippen LogP contribution in [0.25, 0.3) is 0 Å². The predicted octanol–water partition coefficient (Wildman–Crippen LogP) is 3.50. The molecular formula is C13H15N3S2. The molecule has 1 aromatic heterocycles. The summed E-state index contributed by atoms with van der Waals surface area (Å²) in [6.07, 6.45) is 4.43. The number of nitrogens with zero attached hydrogens (tertiary/aromatic N) is 3. The van der Waals surface area contributed by atoms with Crippen LogP contribution in [-0.2, 0) is 0 Å². The summed E-state index contributed by atoms with van der Waals surface area (Å²) < 4.78 is 2.22. The van der Waals surface area contributed by atoms with Gasteiger partial charge in [0.25, 0.3) is 0 Å². The summed E-state index contributed by atoms with van der Waals surface area (Å²) in [6.45, 7) is 0. The first-order valence-electron chi connectivity index (χ1n) is 6.13. The zero-order chi connectivity index (χ0) is 12.2. The molecule has 0 spiro atoms. The van der Waals surface area contributed by atoms with Crippen molar-refractivity contribution in [1.29, 1.82) is 0 Å². The molecule has 0 atom stereocenters. The molecule has 0 radical (unpaired) electrons. The van der Waals surface area contributed by atoms with E-state index in [4.69, 9.17) is 0 Å². The van der Waals surface area contributed by atoms with Crippen molar-refractivity contribution in [3.05, 3.63) is 36.7 Å². The fourth-order valence-corrected chi connectivity index (χ4v) is 3.63. The molecule has 0 amide bonds. The molecule has 3 nitrogen and oxygen atoms in total. The second kappa shape index (κ2) is 5.80. The van der Waals surface area contributed by atoms with Crippen LogP contribution in [0, 0.1) is 0 Å². The van der Waals surface area contributed by atoms with Gasteiger partial charge in [-0.2, -0.15) is 0 Å². The summed E-state index contributed by atoms with van der Waals surface area (Å²) >= 11 is 3.70. The minimum atomic E-state index is 0.671. The Labute approximate surface area is 115 Å². The fraction of sp³-hybridized carbons (Fsp3) is 0.385. The van der Waals surface area contributed by atoms with E-state index in [1.54, 1.807) is 0 Å². The Morgan fingerprint density at radius 3 is 2.67 bits per heavy atom. The zero-order valence-corrected chi connectivity index (χ0v) is 11.7. The third-order valence-corrected chi connectivity index (χ3v) is 5.04. The van der Waals surface area contributed by atoms with Crippen LogP contribution >= 0.6 is 23.5 Å². The van der Waals surface area contributed by atoms with Gasteiger partial charge in [0.15, 0.2) is 5.16 Å². The predicted molar refractivity (Wildman–Crippen MR) is 76.2 cm³/mol. The van der Waals surface area contributed by atoms with E-state index in [-0.39, 0.29) is 0 Å². The van der Waals surface area contributed by atoms with Gasteiger partial charge in [-0.25, -0.2) is 0 Å². The van der Waals surface area contributed by atoms with Crippen molar-refractivity contribution in [3.63, 3.8) is 0 Å².